The van der Waals surface area contributed by atoms with Crippen LogP contribution in [0.3, 0.4) is 0 Å². The van der Waals surface area contributed by atoms with Crippen molar-refractivity contribution in [3.63, 3.8) is 0 Å². The van der Waals surface area contributed by atoms with E-state index in [-0.39, 0.29) is 18.0 Å². The van der Waals surface area contributed by atoms with Crippen molar-refractivity contribution in [1.29, 1.82) is 0 Å². The third-order valence-electron chi connectivity index (χ3n) is 5.34. The number of thiophene rings is 1. The molecule has 5 heteroatoms. The van der Waals surface area contributed by atoms with Crippen LogP contribution in [0, 0.1) is 20.8 Å². The highest BCUT2D eigenvalue weighted by Crippen LogP contribution is 2.27. The Labute approximate surface area is 173 Å². The Morgan fingerprint density at radius 2 is 1.76 bits per heavy atom. The van der Waals surface area contributed by atoms with Crippen LogP contribution in [-0.2, 0) is 6.54 Å². The number of carbonyl (C=O) groups is 1. The van der Waals surface area contributed by atoms with E-state index in [1.165, 1.54) is 11.3 Å². The van der Waals surface area contributed by atoms with Crippen LogP contribution in [0.15, 0.2) is 64.8 Å². The maximum atomic E-state index is 13.3. The van der Waals surface area contributed by atoms with Gasteiger partial charge in [0.05, 0.1) is 16.9 Å². The number of nitrogens with zero attached hydrogens (tertiary/aromatic N) is 1. The van der Waals surface area contributed by atoms with Gasteiger partial charge < -0.3 is 9.88 Å². The first kappa shape index (κ1) is 19.2. The molecule has 0 atom stereocenters. The Morgan fingerprint density at radius 1 is 1.00 bits per heavy atom. The van der Waals surface area contributed by atoms with Gasteiger partial charge in [0.1, 0.15) is 0 Å². The number of anilines is 1. The largest absolute Gasteiger partial charge is 0.321 e. The molecule has 0 aliphatic heterocycles. The summed E-state index contributed by atoms with van der Waals surface area (Å²) in [5.41, 5.74) is 5.22. The van der Waals surface area contributed by atoms with Crippen LogP contribution in [0.4, 0.5) is 5.69 Å². The lowest BCUT2D eigenvalue weighted by Crippen LogP contribution is -2.33. The first-order valence-electron chi connectivity index (χ1n) is 9.49. The number of nitrogens with one attached hydrogen (secondary N) is 1. The second kappa shape index (κ2) is 7.68. The summed E-state index contributed by atoms with van der Waals surface area (Å²) in [6.07, 6.45) is 0. The molecule has 0 radical (unpaired) electrons. The molecule has 0 bridgehead atoms. The molecule has 4 aromatic rings. The molecule has 0 saturated carbocycles. The molecule has 146 valence electrons. The molecule has 4 nitrogen and oxygen atoms in total. The van der Waals surface area contributed by atoms with Crippen molar-refractivity contribution in [1.82, 2.24) is 4.98 Å². The van der Waals surface area contributed by atoms with Gasteiger partial charge in [0.15, 0.2) is 0 Å². The number of fused-ring (bicyclic) bond motifs is 1. The van der Waals surface area contributed by atoms with E-state index < -0.39 is 0 Å². The Hall–Kier alpha value is -3.18. The smallest absolute Gasteiger partial charge is 0.268 e. The zero-order chi connectivity index (χ0) is 20.5. The molecular formula is C24H22N2O2S. The van der Waals surface area contributed by atoms with Gasteiger partial charge in [-0.1, -0.05) is 36.4 Å². The number of para-hydroxylation sites is 1. The highest BCUT2D eigenvalue weighted by molar-refractivity contribution is 7.12. The van der Waals surface area contributed by atoms with Gasteiger partial charge in [0.2, 0.25) is 0 Å². The van der Waals surface area contributed by atoms with Gasteiger partial charge in [-0.05, 0) is 66.4 Å². The molecule has 1 N–H and O–H groups in total. The molecule has 0 unspecified atom stereocenters. The molecule has 2 aromatic carbocycles. The number of hydrogen-bond donors (Lipinski definition) is 1. The van der Waals surface area contributed by atoms with Crippen molar-refractivity contribution in [3.05, 3.63) is 97.5 Å². The number of aromatic amines is 1. The number of pyridine rings is 1. The predicted molar refractivity (Wildman–Crippen MR) is 120 cm³/mol. The average molecular weight is 403 g/mol. The number of aromatic nitrogens is 1. The van der Waals surface area contributed by atoms with Gasteiger partial charge in [-0.2, -0.15) is 0 Å². The van der Waals surface area contributed by atoms with Crippen LogP contribution in [0.2, 0.25) is 0 Å². The van der Waals surface area contributed by atoms with E-state index in [2.05, 4.69) is 4.98 Å². The number of amides is 1. The van der Waals surface area contributed by atoms with Crippen molar-refractivity contribution in [2.75, 3.05) is 4.90 Å². The minimum Gasteiger partial charge on any atom is -0.321 e. The molecule has 0 fully saturated rings. The maximum Gasteiger partial charge on any atom is 0.268 e. The van der Waals surface area contributed by atoms with Gasteiger partial charge in [-0.25, -0.2) is 0 Å². The molecule has 2 heterocycles. The van der Waals surface area contributed by atoms with Crippen molar-refractivity contribution < 1.29 is 4.79 Å². The normalized spacial score (nSPS) is 11.0. The molecule has 0 spiro atoms. The second-order valence-corrected chi connectivity index (χ2v) is 8.20. The van der Waals surface area contributed by atoms with Gasteiger partial charge in [0, 0.05) is 11.3 Å². The van der Waals surface area contributed by atoms with E-state index in [0.29, 0.717) is 10.4 Å². The summed E-state index contributed by atoms with van der Waals surface area (Å²) < 4.78 is 0. The summed E-state index contributed by atoms with van der Waals surface area (Å²) in [6.45, 7) is 6.21. The zero-order valence-corrected chi connectivity index (χ0v) is 17.5. The number of aryl methyl sites for hydroxylation is 2. The zero-order valence-electron chi connectivity index (χ0n) is 16.7. The van der Waals surface area contributed by atoms with Crippen LogP contribution in [0.5, 0.6) is 0 Å². The van der Waals surface area contributed by atoms with Crippen LogP contribution in [-0.4, -0.2) is 10.9 Å². The average Bonchev–Trinajstić information content (AvgIpc) is 3.24. The molecule has 0 aliphatic carbocycles. The highest BCUT2D eigenvalue weighted by Gasteiger charge is 2.22. The lowest BCUT2D eigenvalue weighted by molar-refractivity contribution is 0.0989. The fourth-order valence-corrected chi connectivity index (χ4v) is 4.22. The van der Waals surface area contributed by atoms with Gasteiger partial charge >= 0.3 is 0 Å². The van der Waals surface area contributed by atoms with Gasteiger partial charge in [0.25, 0.3) is 11.5 Å². The van der Waals surface area contributed by atoms with E-state index in [4.69, 9.17) is 0 Å². The number of hydrogen-bond acceptors (Lipinski definition) is 3. The standard InChI is InChI=1S/C24H22N2O2S/c1-15-7-5-10-20(17(15)3)26(24(28)21-11-6-12-29-21)14-19-13-18-9-4-8-16(2)22(18)25-23(19)27/h4-13H,14H2,1-3H3,(H,25,27). The Bertz CT molecular complexity index is 1260. The Kier molecular flexibility index (Phi) is 5.07. The summed E-state index contributed by atoms with van der Waals surface area (Å²) in [5.74, 6) is -0.0996. The van der Waals surface area contributed by atoms with E-state index in [0.717, 1.165) is 33.3 Å². The van der Waals surface area contributed by atoms with Crippen molar-refractivity contribution in [2.45, 2.75) is 27.3 Å². The number of rotatable bonds is 4. The van der Waals surface area contributed by atoms with Crippen LogP contribution < -0.4 is 10.5 Å². The molecule has 0 aliphatic rings. The van der Waals surface area contributed by atoms with E-state index in [1.54, 1.807) is 4.90 Å². The second-order valence-electron chi connectivity index (χ2n) is 7.25. The molecule has 0 saturated heterocycles. The fraction of sp³-hybridized carbons (Fsp3) is 0.167. The third kappa shape index (κ3) is 3.61. The lowest BCUT2D eigenvalue weighted by atomic mass is 10.1. The van der Waals surface area contributed by atoms with Crippen molar-refractivity contribution in [3.8, 4) is 0 Å². The summed E-state index contributed by atoms with van der Waals surface area (Å²) >= 11 is 1.41. The fourth-order valence-electron chi connectivity index (χ4n) is 3.54. The Balaban J connectivity index is 1.83. The summed E-state index contributed by atoms with van der Waals surface area (Å²) in [4.78, 5) is 31.5. The number of H-pyrrole nitrogens is 1. The minimum atomic E-state index is -0.166. The molecule has 4 rings (SSSR count). The molecule has 2 aromatic heterocycles. The molecule has 1 amide bonds. The summed E-state index contributed by atoms with van der Waals surface area (Å²) in [6, 6.07) is 17.4. The third-order valence-corrected chi connectivity index (χ3v) is 6.20. The van der Waals surface area contributed by atoms with E-state index in [1.807, 2.05) is 80.7 Å². The summed E-state index contributed by atoms with van der Waals surface area (Å²) in [7, 11) is 0. The SMILES string of the molecule is Cc1cccc(N(Cc2cc3cccc(C)c3[nH]c2=O)C(=O)c2cccs2)c1C. The quantitative estimate of drug-likeness (QED) is 0.499. The van der Waals surface area contributed by atoms with Crippen LogP contribution in [0.25, 0.3) is 10.9 Å². The van der Waals surface area contributed by atoms with Crippen molar-refractivity contribution >= 4 is 33.8 Å². The first-order chi connectivity index (χ1) is 14.0. The highest BCUT2D eigenvalue weighted by atomic mass is 32.1. The van der Waals surface area contributed by atoms with Crippen LogP contribution >= 0.6 is 11.3 Å². The maximum absolute atomic E-state index is 13.3. The first-order valence-corrected chi connectivity index (χ1v) is 10.4. The topological polar surface area (TPSA) is 53.2 Å². The number of benzene rings is 2. The van der Waals surface area contributed by atoms with Crippen molar-refractivity contribution in [2.24, 2.45) is 0 Å². The summed E-state index contributed by atoms with van der Waals surface area (Å²) in [5, 5.41) is 2.85. The van der Waals surface area contributed by atoms with Gasteiger partial charge in [-0.15, -0.1) is 11.3 Å². The lowest BCUT2D eigenvalue weighted by Gasteiger charge is -2.25. The molecule has 29 heavy (non-hydrogen) atoms. The van der Waals surface area contributed by atoms with Gasteiger partial charge in [-0.3, -0.25) is 9.59 Å². The Morgan fingerprint density at radius 3 is 2.52 bits per heavy atom. The predicted octanol–water partition coefficient (Wildman–Crippen LogP) is 5.36. The van der Waals surface area contributed by atoms with E-state index >= 15 is 0 Å². The minimum absolute atomic E-state index is 0.0996. The number of carbonyl (C=O) groups excluding carboxylic acids is 1. The van der Waals surface area contributed by atoms with E-state index in [9.17, 15) is 9.59 Å². The molecular weight excluding hydrogens is 380 g/mol. The van der Waals surface area contributed by atoms with Crippen LogP contribution in [0.1, 0.15) is 31.9 Å². The monoisotopic (exact) mass is 402 g/mol.